The Balaban J connectivity index is 1.50. The van der Waals surface area contributed by atoms with Gasteiger partial charge in [0.25, 0.3) is 5.91 Å². The summed E-state index contributed by atoms with van der Waals surface area (Å²) in [4.78, 5) is 27.9. The van der Waals surface area contributed by atoms with Gasteiger partial charge in [-0.3, -0.25) is 9.59 Å². The maximum absolute atomic E-state index is 12.3. The predicted molar refractivity (Wildman–Crippen MR) is 90.8 cm³/mol. The topological polar surface area (TPSA) is 89.6 Å². The van der Waals surface area contributed by atoms with Crippen LogP contribution in [-0.2, 0) is 4.79 Å². The number of furan rings is 1. The standard InChI is InChI=1S/C18H18N4O3/c19-12-14-4-1-2-5-15(14)20-13-17(23)21-7-9-22(10-8-21)18(24)16-6-3-11-25-16/h1-6,11,20H,7-10,13H2. The van der Waals surface area contributed by atoms with E-state index in [4.69, 9.17) is 9.68 Å². The fraction of sp³-hybridized carbons (Fsp3) is 0.278. The lowest BCUT2D eigenvalue weighted by molar-refractivity contribution is -0.130. The molecule has 1 aromatic heterocycles. The van der Waals surface area contributed by atoms with Crippen molar-refractivity contribution in [2.75, 3.05) is 38.0 Å². The Morgan fingerprint density at radius 2 is 1.80 bits per heavy atom. The van der Waals surface area contributed by atoms with Gasteiger partial charge >= 0.3 is 0 Å². The van der Waals surface area contributed by atoms with Crippen molar-refractivity contribution in [3.8, 4) is 6.07 Å². The number of piperazine rings is 1. The predicted octanol–water partition coefficient (Wildman–Crippen LogP) is 1.55. The summed E-state index contributed by atoms with van der Waals surface area (Å²) in [7, 11) is 0. The molecule has 1 aliphatic heterocycles. The van der Waals surface area contributed by atoms with Gasteiger partial charge in [-0.15, -0.1) is 0 Å². The van der Waals surface area contributed by atoms with Crippen molar-refractivity contribution in [3.05, 3.63) is 54.0 Å². The molecule has 0 bridgehead atoms. The number of hydrogen-bond donors (Lipinski definition) is 1. The minimum Gasteiger partial charge on any atom is -0.459 e. The minimum absolute atomic E-state index is 0.0576. The van der Waals surface area contributed by atoms with E-state index in [9.17, 15) is 9.59 Å². The molecule has 7 nitrogen and oxygen atoms in total. The number of anilines is 1. The monoisotopic (exact) mass is 338 g/mol. The van der Waals surface area contributed by atoms with E-state index >= 15 is 0 Å². The van der Waals surface area contributed by atoms with Gasteiger partial charge in [-0.25, -0.2) is 0 Å². The molecule has 0 spiro atoms. The molecular formula is C18H18N4O3. The first-order valence-electron chi connectivity index (χ1n) is 8.02. The van der Waals surface area contributed by atoms with E-state index in [1.54, 1.807) is 40.1 Å². The highest BCUT2D eigenvalue weighted by Gasteiger charge is 2.25. The van der Waals surface area contributed by atoms with Crippen LogP contribution in [0.15, 0.2) is 47.1 Å². The molecule has 2 aromatic rings. The van der Waals surface area contributed by atoms with Gasteiger partial charge in [-0.1, -0.05) is 12.1 Å². The molecule has 3 rings (SSSR count). The Hall–Kier alpha value is -3.27. The smallest absolute Gasteiger partial charge is 0.289 e. The second kappa shape index (κ2) is 7.53. The number of nitriles is 1. The largest absolute Gasteiger partial charge is 0.459 e. The lowest BCUT2D eigenvalue weighted by Gasteiger charge is -2.34. The highest BCUT2D eigenvalue weighted by atomic mass is 16.3. The molecule has 0 saturated carbocycles. The molecule has 1 fully saturated rings. The van der Waals surface area contributed by atoms with Crippen LogP contribution in [0, 0.1) is 11.3 Å². The minimum atomic E-state index is -0.154. The quantitative estimate of drug-likeness (QED) is 0.913. The molecule has 2 amide bonds. The van der Waals surface area contributed by atoms with Crippen LogP contribution in [-0.4, -0.2) is 54.3 Å². The molecular weight excluding hydrogens is 320 g/mol. The summed E-state index contributed by atoms with van der Waals surface area (Å²) in [5.41, 5.74) is 1.15. The number of amides is 2. The lowest BCUT2D eigenvalue weighted by atomic mass is 10.2. The van der Waals surface area contributed by atoms with Crippen LogP contribution in [0.2, 0.25) is 0 Å². The van der Waals surface area contributed by atoms with Gasteiger partial charge in [0.1, 0.15) is 6.07 Å². The third kappa shape index (κ3) is 3.80. The van der Waals surface area contributed by atoms with E-state index in [-0.39, 0.29) is 18.4 Å². The maximum Gasteiger partial charge on any atom is 0.289 e. The molecule has 7 heteroatoms. The second-order valence-corrected chi connectivity index (χ2v) is 5.66. The fourth-order valence-corrected chi connectivity index (χ4v) is 2.73. The Morgan fingerprint density at radius 1 is 1.08 bits per heavy atom. The molecule has 1 N–H and O–H groups in total. The molecule has 1 aliphatic rings. The first-order chi connectivity index (χ1) is 12.2. The number of para-hydroxylation sites is 1. The highest BCUT2D eigenvalue weighted by molar-refractivity contribution is 5.91. The van der Waals surface area contributed by atoms with Crippen molar-refractivity contribution in [2.24, 2.45) is 0 Å². The van der Waals surface area contributed by atoms with Gasteiger partial charge in [0.2, 0.25) is 5.91 Å². The third-order valence-electron chi connectivity index (χ3n) is 4.13. The zero-order valence-electron chi connectivity index (χ0n) is 13.6. The number of hydrogen-bond acceptors (Lipinski definition) is 5. The lowest BCUT2D eigenvalue weighted by Crippen LogP contribution is -2.51. The number of nitrogens with zero attached hydrogens (tertiary/aromatic N) is 3. The Bertz CT molecular complexity index is 787. The normalized spacial score (nSPS) is 14.0. The van der Waals surface area contributed by atoms with E-state index in [1.807, 2.05) is 6.07 Å². The van der Waals surface area contributed by atoms with Crippen LogP contribution in [0.4, 0.5) is 5.69 Å². The van der Waals surface area contributed by atoms with Crippen LogP contribution in [0.5, 0.6) is 0 Å². The molecule has 25 heavy (non-hydrogen) atoms. The molecule has 2 heterocycles. The molecule has 0 aliphatic carbocycles. The zero-order chi connectivity index (χ0) is 17.6. The van der Waals surface area contributed by atoms with Gasteiger partial charge in [-0.2, -0.15) is 5.26 Å². The average Bonchev–Trinajstić information content (AvgIpc) is 3.20. The first kappa shape index (κ1) is 16.6. The number of carbonyl (C=O) groups is 2. The summed E-state index contributed by atoms with van der Waals surface area (Å²) in [6.07, 6.45) is 1.47. The first-order valence-corrected chi connectivity index (χ1v) is 8.02. The van der Waals surface area contributed by atoms with Gasteiger partial charge in [0.15, 0.2) is 5.76 Å². The molecule has 1 aromatic carbocycles. The van der Waals surface area contributed by atoms with Gasteiger partial charge in [-0.05, 0) is 24.3 Å². The van der Waals surface area contributed by atoms with E-state index in [0.29, 0.717) is 43.2 Å². The van der Waals surface area contributed by atoms with E-state index < -0.39 is 0 Å². The van der Waals surface area contributed by atoms with Crippen molar-refractivity contribution in [3.63, 3.8) is 0 Å². The van der Waals surface area contributed by atoms with Gasteiger partial charge < -0.3 is 19.5 Å². The van der Waals surface area contributed by atoms with Gasteiger partial charge in [0.05, 0.1) is 24.1 Å². The summed E-state index contributed by atoms with van der Waals surface area (Å²) in [5, 5.41) is 12.1. The molecule has 1 saturated heterocycles. The number of nitrogens with one attached hydrogen (secondary N) is 1. The van der Waals surface area contributed by atoms with Crippen molar-refractivity contribution < 1.29 is 14.0 Å². The Morgan fingerprint density at radius 3 is 2.48 bits per heavy atom. The van der Waals surface area contributed by atoms with Crippen LogP contribution < -0.4 is 5.32 Å². The maximum atomic E-state index is 12.3. The van der Waals surface area contributed by atoms with E-state index in [2.05, 4.69) is 11.4 Å². The van der Waals surface area contributed by atoms with Crippen molar-refractivity contribution in [1.29, 1.82) is 5.26 Å². The summed E-state index contributed by atoms with van der Waals surface area (Å²) in [6, 6.07) is 12.5. The number of carbonyl (C=O) groups excluding carboxylic acids is 2. The number of rotatable bonds is 4. The number of benzene rings is 1. The summed E-state index contributed by atoms with van der Waals surface area (Å²) in [6.45, 7) is 2.02. The Labute approximate surface area is 145 Å². The van der Waals surface area contributed by atoms with Crippen LogP contribution in [0.25, 0.3) is 0 Å². The molecule has 0 unspecified atom stereocenters. The van der Waals surface area contributed by atoms with Crippen LogP contribution in [0.1, 0.15) is 16.1 Å². The van der Waals surface area contributed by atoms with Crippen molar-refractivity contribution in [2.45, 2.75) is 0 Å². The second-order valence-electron chi connectivity index (χ2n) is 5.66. The zero-order valence-corrected chi connectivity index (χ0v) is 13.6. The van der Waals surface area contributed by atoms with Gasteiger partial charge in [0, 0.05) is 26.2 Å². The van der Waals surface area contributed by atoms with Crippen LogP contribution in [0.3, 0.4) is 0 Å². The molecule has 0 atom stereocenters. The SMILES string of the molecule is N#Cc1ccccc1NCC(=O)N1CCN(C(=O)c2ccco2)CC1. The summed E-state index contributed by atoms with van der Waals surface area (Å²) >= 11 is 0. The summed E-state index contributed by atoms with van der Waals surface area (Å²) in [5.74, 6) is 0.102. The highest BCUT2D eigenvalue weighted by Crippen LogP contribution is 2.14. The molecule has 0 radical (unpaired) electrons. The summed E-state index contributed by atoms with van der Waals surface area (Å²) < 4.78 is 5.12. The average molecular weight is 338 g/mol. The van der Waals surface area contributed by atoms with Crippen molar-refractivity contribution in [1.82, 2.24) is 9.80 Å². The molecule has 128 valence electrons. The van der Waals surface area contributed by atoms with Crippen molar-refractivity contribution >= 4 is 17.5 Å². The fourth-order valence-electron chi connectivity index (χ4n) is 2.73. The third-order valence-corrected chi connectivity index (χ3v) is 4.13. The Kier molecular flexibility index (Phi) is 5.00. The van der Waals surface area contributed by atoms with Crippen LogP contribution >= 0.6 is 0 Å². The van der Waals surface area contributed by atoms with E-state index in [0.717, 1.165) is 0 Å². The van der Waals surface area contributed by atoms with E-state index in [1.165, 1.54) is 6.26 Å².